The highest BCUT2D eigenvalue weighted by Crippen LogP contribution is 2.39. The molecule has 1 aliphatic carbocycles. The maximum Gasteiger partial charge on any atom is 0.0593 e. The number of hydrogen-bond acceptors (Lipinski definition) is 3. The molecule has 2 fully saturated rings. The first-order valence-corrected chi connectivity index (χ1v) is 7.15. The van der Waals surface area contributed by atoms with Crippen molar-refractivity contribution in [1.29, 1.82) is 0 Å². The van der Waals surface area contributed by atoms with Gasteiger partial charge in [-0.05, 0) is 25.2 Å². The Hall–Kier alpha value is -0.120. The van der Waals surface area contributed by atoms with Crippen molar-refractivity contribution in [1.82, 2.24) is 4.90 Å². The van der Waals surface area contributed by atoms with E-state index in [1.54, 1.807) is 0 Å². The molecule has 2 aliphatic rings. The zero-order valence-electron chi connectivity index (χ0n) is 11.2. The minimum atomic E-state index is 0.177. The van der Waals surface area contributed by atoms with E-state index in [1.165, 1.54) is 25.7 Å². The van der Waals surface area contributed by atoms with Gasteiger partial charge in [-0.2, -0.15) is 0 Å². The first-order valence-electron chi connectivity index (χ1n) is 7.15. The fourth-order valence-electron chi connectivity index (χ4n) is 3.17. The first kappa shape index (κ1) is 13.3. The Balaban J connectivity index is 1.89. The highest BCUT2D eigenvalue weighted by Gasteiger charge is 2.35. The molecule has 0 bridgehead atoms. The lowest BCUT2D eigenvalue weighted by atomic mass is 9.71. The third kappa shape index (κ3) is 3.67. The van der Waals surface area contributed by atoms with Crippen LogP contribution in [0.5, 0.6) is 0 Å². The standard InChI is InChI=1S/C14H27NO2/c1-13-3-5-14(12-16,6-4-13)11-15-7-2-9-17-10-8-15/h13,16H,2-12H2,1H3. The average molecular weight is 241 g/mol. The van der Waals surface area contributed by atoms with Crippen LogP contribution in [0.25, 0.3) is 0 Å². The zero-order chi connectivity index (χ0) is 12.1. The van der Waals surface area contributed by atoms with E-state index in [9.17, 15) is 5.11 Å². The van der Waals surface area contributed by atoms with Gasteiger partial charge in [0.15, 0.2) is 0 Å². The van der Waals surface area contributed by atoms with Crippen LogP contribution in [0.15, 0.2) is 0 Å². The van der Waals surface area contributed by atoms with E-state index in [1.807, 2.05) is 0 Å². The monoisotopic (exact) mass is 241 g/mol. The SMILES string of the molecule is CC1CCC(CO)(CN2CCCOCC2)CC1. The molecule has 0 unspecified atom stereocenters. The molecular formula is C14H27NO2. The Labute approximate surface area is 105 Å². The smallest absolute Gasteiger partial charge is 0.0593 e. The molecule has 0 atom stereocenters. The topological polar surface area (TPSA) is 32.7 Å². The molecule has 17 heavy (non-hydrogen) atoms. The van der Waals surface area contributed by atoms with Gasteiger partial charge in [-0.3, -0.25) is 0 Å². The van der Waals surface area contributed by atoms with Gasteiger partial charge in [0.25, 0.3) is 0 Å². The molecule has 1 N–H and O–H groups in total. The quantitative estimate of drug-likeness (QED) is 0.819. The van der Waals surface area contributed by atoms with Crippen molar-refractivity contribution < 1.29 is 9.84 Å². The van der Waals surface area contributed by atoms with Gasteiger partial charge in [0.2, 0.25) is 0 Å². The molecule has 1 saturated carbocycles. The van der Waals surface area contributed by atoms with Crippen LogP contribution in [0.2, 0.25) is 0 Å². The second kappa shape index (κ2) is 6.17. The molecule has 1 heterocycles. The Morgan fingerprint density at radius 3 is 2.71 bits per heavy atom. The molecule has 0 radical (unpaired) electrons. The summed E-state index contributed by atoms with van der Waals surface area (Å²) in [6.07, 6.45) is 6.09. The van der Waals surface area contributed by atoms with Gasteiger partial charge in [0, 0.05) is 38.3 Å². The Morgan fingerprint density at radius 2 is 2.00 bits per heavy atom. The van der Waals surface area contributed by atoms with Crippen LogP contribution in [0, 0.1) is 11.3 Å². The molecule has 0 aromatic rings. The number of ether oxygens (including phenoxy) is 1. The van der Waals surface area contributed by atoms with E-state index in [2.05, 4.69) is 11.8 Å². The summed E-state index contributed by atoms with van der Waals surface area (Å²) >= 11 is 0. The predicted octanol–water partition coefficient (Wildman–Crippen LogP) is 1.90. The molecule has 1 saturated heterocycles. The van der Waals surface area contributed by atoms with E-state index in [-0.39, 0.29) is 5.41 Å². The summed E-state index contributed by atoms with van der Waals surface area (Å²) in [5.74, 6) is 0.849. The lowest BCUT2D eigenvalue weighted by Gasteiger charge is -2.41. The third-order valence-corrected chi connectivity index (χ3v) is 4.54. The third-order valence-electron chi connectivity index (χ3n) is 4.54. The maximum atomic E-state index is 9.77. The molecular weight excluding hydrogens is 214 g/mol. The Morgan fingerprint density at radius 1 is 1.24 bits per heavy atom. The number of aliphatic hydroxyl groups excluding tert-OH is 1. The van der Waals surface area contributed by atoms with Crippen molar-refractivity contribution in [2.75, 3.05) is 39.5 Å². The van der Waals surface area contributed by atoms with Gasteiger partial charge >= 0.3 is 0 Å². The second-order valence-corrected chi connectivity index (χ2v) is 6.08. The van der Waals surface area contributed by atoms with Crippen molar-refractivity contribution in [2.45, 2.75) is 39.0 Å². The van der Waals surface area contributed by atoms with Crippen molar-refractivity contribution in [3.63, 3.8) is 0 Å². The molecule has 2 rings (SSSR count). The van der Waals surface area contributed by atoms with Crippen LogP contribution < -0.4 is 0 Å². The minimum absolute atomic E-state index is 0.177. The van der Waals surface area contributed by atoms with Gasteiger partial charge in [-0.15, -0.1) is 0 Å². The van der Waals surface area contributed by atoms with E-state index >= 15 is 0 Å². The van der Waals surface area contributed by atoms with Crippen LogP contribution in [0.1, 0.15) is 39.0 Å². The van der Waals surface area contributed by atoms with Crippen molar-refractivity contribution in [3.05, 3.63) is 0 Å². The molecule has 0 aromatic heterocycles. The van der Waals surface area contributed by atoms with Gasteiger partial charge in [-0.1, -0.05) is 19.8 Å². The summed E-state index contributed by atoms with van der Waals surface area (Å²) in [6, 6.07) is 0. The van der Waals surface area contributed by atoms with Crippen LogP contribution in [-0.4, -0.2) is 49.5 Å². The Bertz CT molecular complexity index is 216. The van der Waals surface area contributed by atoms with E-state index in [0.717, 1.165) is 45.2 Å². The Kier molecular flexibility index (Phi) is 4.83. The van der Waals surface area contributed by atoms with E-state index in [0.29, 0.717) is 6.61 Å². The van der Waals surface area contributed by atoms with Crippen LogP contribution >= 0.6 is 0 Å². The lowest BCUT2D eigenvalue weighted by molar-refractivity contribution is 0.0283. The number of nitrogens with zero attached hydrogens (tertiary/aromatic N) is 1. The van der Waals surface area contributed by atoms with Gasteiger partial charge in [0.1, 0.15) is 0 Å². The van der Waals surface area contributed by atoms with Crippen molar-refractivity contribution in [3.8, 4) is 0 Å². The fourth-order valence-corrected chi connectivity index (χ4v) is 3.17. The molecule has 0 amide bonds. The summed E-state index contributed by atoms with van der Waals surface area (Å²) in [5, 5.41) is 9.77. The summed E-state index contributed by atoms with van der Waals surface area (Å²) in [5.41, 5.74) is 0.177. The second-order valence-electron chi connectivity index (χ2n) is 6.08. The molecule has 3 nitrogen and oxygen atoms in total. The van der Waals surface area contributed by atoms with Gasteiger partial charge < -0.3 is 14.7 Å². The van der Waals surface area contributed by atoms with Gasteiger partial charge in [0.05, 0.1) is 6.61 Å². The lowest BCUT2D eigenvalue weighted by Crippen LogP contribution is -2.43. The zero-order valence-corrected chi connectivity index (χ0v) is 11.2. The number of rotatable bonds is 3. The summed E-state index contributed by atoms with van der Waals surface area (Å²) < 4.78 is 5.49. The minimum Gasteiger partial charge on any atom is -0.396 e. The molecule has 0 aromatic carbocycles. The van der Waals surface area contributed by atoms with Crippen LogP contribution in [-0.2, 0) is 4.74 Å². The van der Waals surface area contributed by atoms with Crippen LogP contribution in [0.4, 0.5) is 0 Å². The molecule has 1 aliphatic heterocycles. The first-order chi connectivity index (χ1) is 8.24. The van der Waals surface area contributed by atoms with E-state index in [4.69, 9.17) is 4.74 Å². The highest BCUT2D eigenvalue weighted by atomic mass is 16.5. The van der Waals surface area contributed by atoms with E-state index < -0.39 is 0 Å². The normalized spacial score (nSPS) is 36.7. The van der Waals surface area contributed by atoms with Crippen molar-refractivity contribution in [2.24, 2.45) is 11.3 Å². The highest BCUT2D eigenvalue weighted by molar-refractivity contribution is 4.87. The largest absolute Gasteiger partial charge is 0.396 e. The molecule has 0 spiro atoms. The fraction of sp³-hybridized carbons (Fsp3) is 1.00. The summed E-state index contributed by atoms with van der Waals surface area (Å²) in [7, 11) is 0. The van der Waals surface area contributed by atoms with Crippen molar-refractivity contribution >= 4 is 0 Å². The molecule has 100 valence electrons. The number of aliphatic hydroxyl groups is 1. The number of hydrogen-bond donors (Lipinski definition) is 1. The predicted molar refractivity (Wildman–Crippen MR) is 69.0 cm³/mol. The van der Waals surface area contributed by atoms with Gasteiger partial charge in [-0.25, -0.2) is 0 Å². The summed E-state index contributed by atoms with van der Waals surface area (Å²) in [6.45, 7) is 7.70. The van der Waals surface area contributed by atoms with Crippen LogP contribution in [0.3, 0.4) is 0 Å². The maximum absolute atomic E-state index is 9.77. The molecule has 3 heteroatoms. The average Bonchev–Trinajstić information content (AvgIpc) is 2.61. The summed E-state index contributed by atoms with van der Waals surface area (Å²) in [4.78, 5) is 2.50.